The first-order valence-electron chi connectivity index (χ1n) is 7.60. The molecule has 112 valence electrons. The Morgan fingerprint density at radius 1 is 1.43 bits per heavy atom. The van der Waals surface area contributed by atoms with Gasteiger partial charge in [0.05, 0.1) is 11.6 Å². The molecule has 1 aliphatic rings. The van der Waals surface area contributed by atoms with Crippen molar-refractivity contribution in [1.29, 1.82) is 5.26 Å². The topological polar surface area (TPSA) is 44.1 Å². The van der Waals surface area contributed by atoms with Gasteiger partial charge in [0.1, 0.15) is 5.82 Å². The summed E-state index contributed by atoms with van der Waals surface area (Å²) in [7, 11) is 0. The third-order valence-electron chi connectivity index (χ3n) is 4.16. The average molecular weight is 288 g/mol. The molecule has 0 spiro atoms. The number of hydrogen-bond donors (Lipinski definition) is 0. The molecule has 0 aliphatic carbocycles. The Balaban J connectivity index is 2.08. The van der Waals surface area contributed by atoms with Crippen LogP contribution in [0.15, 0.2) is 18.2 Å². The first kappa shape index (κ1) is 15.5. The Labute approximate surface area is 125 Å². The van der Waals surface area contributed by atoms with Gasteiger partial charge in [-0.3, -0.25) is 4.79 Å². The number of likely N-dealkylation sites (tertiary alicyclic amines) is 1. The lowest BCUT2D eigenvalue weighted by Crippen LogP contribution is -2.30. The number of nitrogens with zero attached hydrogens (tertiary/aromatic N) is 2. The minimum atomic E-state index is -0.351. The standard InChI is InChI=1S/C17H21FN2O/c1-2-3-13-5-7-17(21)20(9-8-13)12-15-10-14(11-19)4-6-16(15)18/h4,6,10,13H,2-3,5,7-9,12H2,1H3. The molecule has 1 aliphatic heterocycles. The fraction of sp³-hybridized carbons (Fsp3) is 0.529. The highest BCUT2D eigenvalue weighted by Gasteiger charge is 2.22. The predicted molar refractivity (Wildman–Crippen MR) is 78.8 cm³/mol. The van der Waals surface area contributed by atoms with Gasteiger partial charge >= 0.3 is 0 Å². The molecule has 1 aromatic carbocycles. The van der Waals surface area contributed by atoms with Gasteiger partial charge in [-0.1, -0.05) is 19.8 Å². The fourth-order valence-corrected chi connectivity index (χ4v) is 2.93. The van der Waals surface area contributed by atoms with Crippen LogP contribution in [0.2, 0.25) is 0 Å². The number of carbonyl (C=O) groups excluding carboxylic acids is 1. The minimum Gasteiger partial charge on any atom is -0.338 e. The molecule has 1 aromatic rings. The van der Waals surface area contributed by atoms with E-state index in [1.807, 2.05) is 6.07 Å². The zero-order chi connectivity index (χ0) is 15.2. The molecule has 0 aromatic heterocycles. The molecule has 0 radical (unpaired) electrons. The second-order valence-corrected chi connectivity index (χ2v) is 5.72. The van der Waals surface area contributed by atoms with Gasteiger partial charge in [0.2, 0.25) is 5.91 Å². The van der Waals surface area contributed by atoms with Crippen LogP contribution in [0, 0.1) is 23.1 Å². The molecule has 3 nitrogen and oxygen atoms in total. The van der Waals surface area contributed by atoms with Crippen molar-refractivity contribution in [3.05, 3.63) is 35.1 Å². The lowest BCUT2D eigenvalue weighted by molar-refractivity contribution is -0.131. The molecular weight excluding hydrogens is 267 g/mol. The van der Waals surface area contributed by atoms with E-state index >= 15 is 0 Å². The largest absolute Gasteiger partial charge is 0.338 e. The summed E-state index contributed by atoms with van der Waals surface area (Å²) in [5, 5.41) is 8.90. The van der Waals surface area contributed by atoms with Crippen LogP contribution in [0.5, 0.6) is 0 Å². The molecule has 0 N–H and O–H groups in total. The maximum atomic E-state index is 13.8. The third kappa shape index (κ3) is 4.04. The van der Waals surface area contributed by atoms with Crippen LogP contribution in [-0.4, -0.2) is 17.4 Å². The van der Waals surface area contributed by atoms with E-state index in [1.165, 1.54) is 18.2 Å². The van der Waals surface area contributed by atoms with Gasteiger partial charge in [0, 0.05) is 25.1 Å². The number of carbonyl (C=O) groups is 1. The normalized spacial score (nSPS) is 19.2. The van der Waals surface area contributed by atoms with Crippen molar-refractivity contribution in [3.63, 3.8) is 0 Å². The van der Waals surface area contributed by atoms with Gasteiger partial charge in [-0.2, -0.15) is 5.26 Å². The monoisotopic (exact) mass is 288 g/mol. The maximum Gasteiger partial charge on any atom is 0.222 e. The lowest BCUT2D eigenvalue weighted by Gasteiger charge is -2.21. The SMILES string of the molecule is CCCC1CCC(=O)N(Cc2cc(C#N)ccc2F)CC1. The number of benzene rings is 1. The summed E-state index contributed by atoms with van der Waals surface area (Å²) in [5.41, 5.74) is 0.855. The number of halogens is 1. The van der Waals surface area contributed by atoms with E-state index in [-0.39, 0.29) is 18.3 Å². The van der Waals surface area contributed by atoms with E-state index in [9.17, 15) is 9.18 Å². The van der Waals surface area contributed by atoms with Crippen LogP contribution in [0.1, 0.15) is 50.2 Å². The molecule has 4 heteroatoms. The Morgan fingerprint density at radius 3 is 2.95 bits per heavy atom. The Bertz CT molecular complexity index is 550. The van der Waals surface area contributed by atoms with E-state index in [0.717, 1.165) is 25.7 Å². The number of hydrogen-bond acceptors (Lipinski definition) is 2. The van der Waals surface area contributed by atoms with Crippen LogP contribution in [-0.2, 0) is 11.3 Å². The fourth-order valence-electron chi connectivity index (χ4n) is 2.93. The molecule has 0 bridgehead atoms. The van der Waals surface area contributed by atoms with E-state index in [0.29, 0.717) is 30.0 Å². The van der Waals surface area contributed by atoms with E-state index in [2.05, 4.69) is 6.92 Å². The minimum absolute atomic E-state index is 0.0929. The van der Waals surface area contributed by atoms with Gasteiger partial charge < -0.3 is 4.90 Å². The lowest BCUT2D eigenvalue weighted by atomic mass is 9.96. The molecule has 1 heterocycles. The molecule has 0 saturated carbocycles. The van der Waals surface area contributed by atoms with Crippen molar-refractivity contribution in [2.24, 2.45) is 5.92 Å². The highest BCUT2D eigenvalue weighted by molar-refractivity contribution is 5.76. The quantitative estimate of drug-likeness (QED) is 0.849. The van der Waals surface area contributed by atoms with Crippen molar-refractivity contribution in [2.45, 2.75) is 45.6 Å². The van der Waals surface area contributed by atoms with Gasteiger partial charge in [-0.05, 0) is 37.0 Å². The highest BCUT2D eigenvalue weighted by atomic mass is 19.1. The molecule has 2 rings (SSSR count). The van der Waals surface area contributed by atoms with Crippen molar-refractivity contribution in [2.75, 3.05) is 6.54 Å². The van der Waals surface area contributed by atoms with E-state index < -0.39 is 0 Å². The number of rotatable bonds is 4. The third-order valence-corrected chi connectivity index (χ3v) is 4.16. The van der Waals surface area contributed by atoms with Gasteiger partial charge in [0.15, 0.2) is 0 Å². The predicted octanol–water partition coefficient (Wildman–Crippen LogP) is 3.63. The Morgan fingerprint density at radius 2 is 2.24 bits per heavy atom. The van der Waals surface area contributed by atoms with Gasteiger partial charge in [0.25, 0.3) is 0 Å². The molecule has 1 saturated heterocycles. The Hall–Kier alpha value is -1.89. The summed E-state index contributed by atoms with van der Waals surface area (Å²) in [4.78, 5) is 13.9. The zero-order valence-electron chi connectivity index (χ0n) is 12.4. The van der Waals surface area contributed by atoms with E-state index in [4.69, 9.17) is 5.26 Å². The summed E-state index contributed by atoms with van der Waals surface area (Å²) in [6, 6.07) is 6.31. The van der Waals surface area contributed by atoms with Gasteiger partial charge in [-0.15, -0.1) is 0 Å². The zero-order valence-corrected chi connectivity index (χ0v) is 12.4. The summed E-state index contributed by atoms with van der Waals surface area (Å²) < 4.78 is 13.8. The number of nitriles is 1. The van der Waals surface area contributed by atoms with Crippen LogP contribution < -0.4 is 0 Å². The van der Waals surface area contributed by atoms with Crippen molar-refractivity contribution < 1.29 is 9.18 Å². The molecule has 21 heavy (non-hydrogen) atoms. The molecular formula is C17H21FN2O. The second kappa shape index (κ2) is 7.21. The van der Waals surface area contributed by atoms with Crippen molar-refractivity contribution >= 4 is 5.91 Å². The average Bonchev–Trinajstić information content (AvgIpc) is 2.65. The first-order chi connectivity index (χ1) is 10.1. The Kier molecular flexibility index (Phi) is 5.32. The van der Waals surface area contributed by atoms with Crippen molar-refractivity contribution in [1.82, 2.24) is 4.90 Å². The van der Waals surface area contributed by atoms with Crippen LogP contribution in [0.25, 0.3) is 0 Å². The van der Waals surface area contributed by atoms with Crippen molar-refractivity contribution in [3.8, 4) is 6.07 Å². The second-order valence-electron chi connectivity index (χ2n) is 5.72. The van der Waals surface area contributed by atoms with Crippen LogP contribution in [0.4, 0.5) is 4.39 Å². The number of amides is 1. The summed E-state index contributed by atoms with van der Waals surface area (Å²) in [6.07, 6.45) is 4.75. The molecule has 1 amide bonds. The molecule has 1 unspecified atom stereocenters. The van der Waals surface area contributed by atoms with Gasteiger partial charge in [-0.25, -0.2) is 4.39 Å². The first-order valence-corrected chi connectivity index (χ1v) is 7.60. The van der Waals surface area contributed by atoms with Crippen LogP contribution in [0.3, 0.4) is 0 Å². The smallest absolute Gasteiger partial charge is 0.222 e. The molecule has 1 atom stereocenters. The summed E-state index contributed by atoms with van der Waals surface area (Å²) >= 11 is 0. The van der Waals surface area contributed by atoms with Crippen LogP contribution >= 0.6 is 0 Å². The highest BCUT2D eigenvalue weighted by Crippen LogP contribution is 2.24. The van der Waals surface area contributed by atoms with E-state index in [1.54, 1.807) is 4.90 Å². The molecule has 1 fully saturated rings. The summed E-state index contributed by atoms with van der Waals surface area (Å²) in [6.45, 7) is 3.10. The maximum absolute atomic E-state index is 13.8. The summed E-state index contributed by atoms with van der Waals surface area (Å²) in [5.74, 6) is 0.339.